The van der Waals surface area contributed by atoms with Gasteiger partial charge in [-0.05, 0) is 25.7 Å². The Labute approximate surface area is 86.4 Å². The van der Waals surface area contributed by atoms with Gasteiger partial charge in [0.05, 0.1) is 11.2 Å². The fourth-order valence-corrected chi connectivity index (χ4v) is 3.65. The van der Waals surface area contributed by atoms with E-state index >= 15 is 0 Å². The van der Waals surface area contributed by atoms with Crippen molar-refractivity contribution < 1.29 is 4.74 Å². The Morgan fingerprint density at radius 1 is 0.714 bits per heavy atom. The first-order chi connectivity index (χ1) is 6.83. The topological polar surface area (TPSA) is 21.3 Å². The summed E-state index contributed by atoms with van der Waals surface area (Å²) in [5.74, 6) is 0. The van der Waals surface area contributed by atoms with Crippen LogP contribution in [0.4, 0.5) is 0 Å². The third-order valence-electron chi connectivity index (χ3n) is 4.36. The minimum atomic E-state index is 0.239. The van der Waals surface area contributed by atoms with Gasteiger partial charge in [-0.1, -0.05) is 25.7 Å². The monoisotopic (exact) mass is 195 g/mol. The Kier molecular flexibility index (Phi) is 2.10. The number of rotatable bonds is 0. The molecule has 0 unspecified atom stereocenters. The van der Waals surface area contributed by atoms with Crippen molar-refractivity contribution in [2.24, 2.45) is 0 Å². The Hall–Kier alpha value is -0.0800. The molecule has 0 atom stereocenters. The zero-order valence-electron chi connectivity index (χ0n) is 8.98. The minimum Gasteiger partial charge on any atom is -0.366 e. The zero-order chi connectivity index (χ0) is 9.49. The van der Waals surface area contributed by atoms with Crippen LogP contribution in [0.1, 0.15) is 51.4 Å². The molecule has 0 bridgehead atoms. The molecule has 0 radical (unpaired) electrons. The summed E-state index contributed by atoms with van der Waals surface area (Å²) in [5, 5.41) is 3.63. The Morgan fingerprint density at radius 3 is 1.57 bits per heavy atom. The number of ether oxygens (including phenoxy) is 1. The first-order valence-corrected chi connectivity index (χ1v) is 6.24. The molecule has 3 aliphatic rings. The van der Waals surface area contributed by atoms with Crippen molar-refractivity contribution >= 4 is 0 Å². The van der Waals surface area contributed by atoms with E-state index in [-0.39, 0.29) is 11.2 Å². The zero-order valence-corrected chi connectivity index (χ0v) is 8.98. The molecule has 1 heterocycles. The van der Waals surface area contributed by atoms with Crippen LogP contribution in [0.15, 0.2) is 0 Å². The molecule has 14 heavy (non-hydrogen) atoms. The van der Waals surface area contributed by atoms with Crippen LogP contribution < -0.4 is 5.32 Å². The second-order valence-corrected chi connectivity index (χ2v) is 5.49. The van der Waals surface area contributed by atoms with E-state index in [2.05, 4.69) is 5.32 Å². The Balaban J connectivity index is 1.77. The average molecular weight is 195 g/mol. The van der Waals surface area contributed by atoms with E-state index in [0.29, 0.717) is 0 Å². The maximum absolute atomic E-state index is 6.52. The van der Waals surface area contributed by atoms with E-state index in [0.717, 1.165) is 13.1 Å². The predicted octanol–water partition coefficient (Wildman–Crippen LogP) is 2.23. The van der Waals surface area contributed by atoms with Crippen LogP contribution in [0.25, 0.3) is 0 Å². The molecule has 1 saturated heterocycles. The smallest absolute Gasteiger partial charge is 0.0814 e. The molecule has 3 fully saturated rings. The quantitative estimate of drug-likeness (QED) is 0.640. The summed E-state index contributed by atoms with van der Waals surface area (Å²) in [4.78, 5) is 0. The van der Waals surface area contributed by atoms with Gasteiger partial charge in [0.1, 0.15) is 0 Å². The van der Waals surface area contributed by atoms with Gasteiger partial charge in [0.25, 0.3) is 0 Å². The molecule has 0 amide bonds. The van der Waals surface area contributed by atoms with Gasteiger partial charge in [-0.15, -0.1) is 0 Å². The molecule has 2 nitrogen and oxygen atoms in total. The van der Waals surface area contributed by atoms with Gasteiger partial charge in [0.15, 0.2) is 0 Å². The molecule has 2 saturated carbocycles. The van der Waals surface area contributed by atoms with Crippen LogP contribution in [0.3, 0.4) is 0 Å². The van der Waals surface area contributed by atoms with Crippen molar-refractivity contribution in [1.82, 2.24) is 5.32 Å². The molecule has 80 valence electrons. The molecule has 0 aromatic rings. The molecular formula is C12H21NO. The summed E-state index contributed by atoms with van der Waals surface area (Å²) in [7, 11) is 0. The molecule has 1 aliphatic heterocycles. The SMILES string of the molecule is C1CCC2(C1)CNCC1(CCCC1)O2. The number of hydrogen-bond donors (Lipinski definition) is 1. The van der Waals surface area contributed by atoms with E-state index in [1.807, 2.05) is 0 Å². The van der Waals surface area contributed by atoms with Crippen molar-refractivity contribution in [3.05, 3.63) is 0 Å². The van der Waals surface area contributed by atoms with Gasteiger partial charge >= 0.3 is 0 Å². The van der Waals surface area contributed by atoms with E-state index in [4.69, 9.17) is 4.74 Å². The van der Waals surface area contributed by atoms with Crippen molar-refractivity contribution in [3.8, 4) is 0 Å². The van der Waals surface area contributed by atoms with E-state index in [9.17, 15) is 0 Å². The highest BCUT2D eigenvalue weighted by molar-refractivity contribution is 5.00. The fraction of sp³-hybridized carbons (Fsp3) is 1.00. The first kappa shape index (κ1) is 9.17. The maximum atomic E-state index is 6.52. The van der Waals surface area contributed by atoms with Crippen LogP contribution in [0.5, 0.6) is 0 Å². The van der Waals surface area contributed by atoms with Gasteiger partial charge in [0.2, 0.25) is 0 Å². The second kappa shape index (κ2) is 3.21. The van der Waals surface area contributed by atoms with Gasteiger partial charge in [-0.3, -0.25) is 0 Å². The maximum Gasteiger partial charge on any atom is 0.0814 e. The highest BCUT2D eigenvalue weighted by atomic mass is 16.5. The van der Waals surface area contributed by atoms with Crippen molar-refractivity contribution in [2.75, 3.05) is 13.1 Å². The van der Waals surface area contributed by atoms with Crippen molar-refractivity contribution in [3.63, 3.8) is 0 Å². The highest BCUT2D eigenvalue weighted by Gasteiger charge is 2.47. The average Bonchev–Trinajstić information content (AvgIpc) is 2.77. The van der Waals surface area contributed by atoms with Crippen LogP contribution >= 0.6 is 0 Å². The van der Waals surface area contributed by atoms with Crippen molar-refractivity contribution in [1.29, 1.82) is 0 Å². The van der Waals surface area contributed by atoms with E-state index in [1.54, 1.807) is 0 Å². The summed E-state index contributed by atoms with van der Waals surface area (Å²) in [6.07, 6.45) is 10.7. The van der Waals surface area contributed by atoms with E-state index < -0.39 is 0 Å². The summed E-state index contributed by atoms with van der Waals surface area (Å²) in [5.41, 5.74) is 0.477. The predicted molar refractivity (Wildman–Crippen MR) is 56.4 cm³/mol. The van der Waals surface area contributed by atoms with E-state index in [1.165, 1.54) is 51.4 Å². The summed E-state index contributed by atoms with van der Waals surface area (Å²) < 4.78 is 6.52. The Bertz CT molecular complexity index is 192. The molecule has 2 spiro atoms. The van der Waals surface area contributed by atoms with Crippen LogP contribution in [0, 0.1) is 0 Å². The normalized spacial score (nSPS) is 34.3. The Morgan fingerprint density at radius 2 is 1.14 bits per heavy atom. The lowest BCUT2D eigenvalue weighted by Gasteiger charge is -2.45. The molecule has 3 rings (SSSR count). The van der Waals surface area contributed by atoms with Gasteiger partial charge < -0.3 is 10.1 Å². The molecule has 0 aromatic heterocycles. The molecule has 2 aliphatic carbocycles. The summed E-state index contributed by atoms with van der Waals surface area (Å²) in [6.45, 7) is 2.21. The summed E-state index contributed by atoms with van der Waals surface area (Å²) >= 11 is 0. The third kappa shape index (κ3) is 1.40. The lowest BCUT2D eigenvalue weighted by molar-refractivity contribution is -0.172. The van der Waals surface area contributed by atoms with Gasteiger partial charge in [-0.2, -0.15) is 0 Å². The number of morpholine rings is 1. The standard InChI is InChI=1S/C12H21NO/c1-2-6-11(5-1)9-13-10-12(14-11)7-3-4-8-12/h13H,1-10H2. The number of hydrogen-bond acceptors (Lipinski definition) is 2. The highest BCUT2D eigenvalue weighted by Crippen LogP contribution is 2.44. The number of nitrogens with one attached hydrogen (secondary N) is 1. The lowest BCUT2D eigenvalue weighted by atomic mass is 9.92. The largest absolute Gasteiger partial charge is 0.366 e. The van der Waals surface area contributed by atoms with Crippen molar-refractivity contribution in [2.45, 2.75) is 62.6 Å². The van der Waals surface area contributed by atoms with Gasteiger partial charge in [-0.25, -0.2) is 0 Å². The molecule has 0 aromatic carbocycles. The van der Waals surface area contributed by atoms with Crippen LogP contribution in [-0.4, -0.2) is 24.3 Å². The van der Waals surface area contributed by atoms with Gasteiger partial charge in [0, 0.05) is 13.1 Å². The van der Waals surface area contributed by atoms with Crippen LogP contribution in [0.2, 0.25) is 0 Å². The second-order valence-electron chi connectivity index (χ2n) is 5.49. The summed E-state index contributed by atoms with van der Waals surface area (Å²) in [6, 6.07) is 0. The first-order valence-electron chi connectivity index (χ1n) is 6.24. The lowest BCUT2D eigenvalue weighted by Crippen LogP contribution is -2.58. The van der Waals surface area contributed by atoms with Crippen LogP contribution in [-0.2, 0) is 4.74 Å². The molecular weight excluding hydrogens is 174 g/mol. The molecule has 1 N–H and O–H groups in total. The molecule has 2 heteroatoms. The third-order valence-corrected chi connectivity index (χ3v) is 4.36. The minimum absolute atomic E-state index is 0.239. The fourth-order valence-electron chi connectivity index (χ4n) is 3.65.